The van der Waals surface area contributed by atoms with E-state index in [1.807, 2.05) is 6.92 Å². The summed E-state index contributed by atoms with van der Waals surface area (Å²) in [7, 11) is 0. The van der Waals surface area contributed by atoms with E-state index in [9.17, 15) is 9.59 Å². The molecule has 2 N–H and O–H groups in total. The number of pyridine rings is 1. The third kappa shape index (κ3) is 2.02. The zero-order valence-corrected chi connectivity index (χ0v) is 8.26. The first kappa shape index (κ1) is 10.5. The van der Waals surface area contributed by atoms with Crippen molar-refractivity contribution in [2.45, 2.75) is 26.7 Å². The minimum absolute atomic E-state index is 0.127. The predicted molar refractivity (Wildman–Crippen MR) is 52.8 cm³/mol. The number of nitrogens with one attached hydrogen (secondary N) is 1. The van der Waals surface area contributed by atoms with E-state index < -0.39 is 11.5 Å². The SMILES string of the molecule is CCCc1cc(C)[nH]c(=O)c1C(=O)O. The van der Waals surface area contributed by atoms with E-state index in [1.54, 1.807) is 13.0 Å². The smallest absolute Gasteiger partial charge is 0.341 e. The lowest BCUT2D eigenvalue weighted by atomic mass is 10.0. The van der Waals surface area contributed by atoms with Crippen molar-refractivity contribution < 1.29 is 9.90 Å². The van der Waals surface area contributed by atoms with Crippen LogP contribution in [-0.4, -0.2) is 16.1 Å². The van der Waals surface area contributed by atoms with Crippen LogP contribution in [0.2, 0.25) is 0 Å². The van der Waals surface area contributed by atoms with Crippen LogP contribution in [0, 0.1) is 6.92 Å². The van der Waals surface area contributed by atoms with Crippen LogP contribution in [0.15, 0.2) is 10.9 Å². The maximum atomic E-state index is 11.3. The van der Waals surface area contributed by atoms with Gasteiger partial charge in [-0.2, -0.15) is 0 Å². The van der Waals surface area contributed by atoms with Crippen molar-refractivity contribution in [2.75, 3.05) is 0 Å². The fourth-order valence-corrected chi connectivity index (χ4v) is 1.46. The van der Waals surface area contributed by atoms with Gasteiger partial charge in [-0.3, -0.25) is 4.79 Å². The van der Waals surface area contributed by atoms with Gasteiger partial charge < -0.3 is 10.1 Å². The Morgan fingerprint density at radius 3 is 2.71 bits per heavy atom. The van der Waals surface area contributed by atoms with Gasteiger partial charge in [0.25, 0.3) is 5.56 Å². The van der Waals surface area contributed by atoms with Crippen LogP contribution >= 0.6 is 0 Å². The summed E-state index contributed by atoms with van der Waals surface area (Å²) in [6, 6.07) is 1.72. The minimum atomic E-state index is -1.16. The lowest BCUT2D eigenvalue weighted by molar-refractivity contribution is 0.0693. The summed E-state index contributed by atoms with van der Waals surface area (Å²) in [6.45, 7) is 3.69. The zero-order chi connectivity index (χ0) is 10.7. The molecule has 0 unspecified atom stereocenters. The highest BCUT2D eigenvalue weighted by atomic mass is 16.4. The quantitative estimate of drug-likeness (QED) is 0.764. The first-order valence-electron chi connectivity index (χ1n) is 4.52. The molecule has 1 rings (SSSR count). The number of aryl methyl sites for hydroxylation is 2. The maximum Gasteiger partial charge on any atom is 0.341 e. The largest absolute Gasteiger partial charge is 0.477 e. The molecule has 4 heteroatoms. The third-order valence-corrected chi connectivity index (χ3v) is 1.98. The number of carboxylic acids is 1. The molecule has 0 bridgehead atoms. The Morgan fingerprint density at radius 1 is 1.57 bits per heavy atom. The van der Waals surface area contributed by atoms with Crippen LogP contribution in [0.4, 0.5) is 0 Å². The predicted octanol–water partition coefficient (Wildman–Crippen LogP) is 1.33. The molecule has 0 atom stereocenters. The van der Waals surface area contributed by atoms with Gasteiger partial charge in [0, 0.05) is 5.69 Å². The van der Waals surface area contributed by atoms with Crippen molar-refractivity contribution in [1.29, 1.82) is 0 Å². The molecule has 1 heterocycles. The summed E-state index contributed by atoms with van der Waals surface area (Å²) in [5.41, 5.74) is 0.670. The van der Waals surface area contributed by atoms with E-state index in [0.29, 0.717) is 17.7 Å². The Bertz CT molecular complexity index is 406. The van der Waals surface area contributed by atoms with Gasteiger partial charge in [-0.15, -0.1) is 0 Å². The summed E-state index contributed by atoms with van der Waals surface area (Å²) >= 11 is 0. The van der Waals surface area contributed by atoms with E-state index in [1.165, 1.54) is 0 Å². The number of carboxylic acid groups (broad SMARTS) is 1. The number of aromatic amines is 1. The van der Waals surface area contributed by atoms with Crippen LogP contribution in [0.5, 0.6) is 0 Å². The van der Waals surface area contributed by atoms with Gasteiger partial charge in [-0.05, 0) is 25.0 Å². The van der Waals surface area contributed by atoms with Gasteiger partial charge in [0.1, 0.15) is 5.56 Å². The van der Waals surface area contributed by atoms with Crippen molar-refractivity contribution in [3.05, 3.63) is 33.2 Å². The highest BCUT2D eigenvalue weighted by Crippen LogP contribution is 2.08. The average molecular weight is 195 g/mol. The number of rotatable bonds is 3. The van der Waals surface area contributed by atoms with Crippen molar-refractivity contribution in [1.82, 2.24) is 4.98 Å². The van der Waals surface area contributed by atoms with Gasteiger partial charge in [-0.1, -0.05) is 13.3 Å². The standard InChI is InChI=1S/C10H13NO3/c1-3-4-7-5-6(2)11-9(12)8(7)10(13)14/h5H,3-4H2,1-2H3,(H,11,12)(H,13,14). The second-order valence-electron chi connectivity index (χ2n) is 3.24. The highest BCUT2D eigenvalue weighted by molar-refractivity contribution is 5.88. The van der Waals surface area contributed by atoms with Gasteiger partial charge in [0.15, 0.2) is 0 Å². The van der Waals surface area contributed by atoms with Crippen molar-refractivity contribution in [2.24, 2.45) is 0 Å². The summed E-state index contributed by atoms with van der Waals surface area (Å²) in [6.07, 6.45) is 1.44. The molecule has 0 fully saturated rings. The van der Waals surface area contributed by atoms with Gasteiger partial charge >= 0.3 is 5.97 Å². The molecular formula is C10H13NO3. The average Bonchev–Trinajstić information content (AvgIpc) is 2.01. The summed E-state index contributed by atoms with van der Waals surface area (Å²) in [5, 5.41) is 8.84. The molecule has 0 saturated heterocycles. The van der Waals surface area contributed by atoms with E-state index in [4.69, 9.17) is 5.11 Å². The van der Waals surface area contributed by atoms with Crippen LogP contribution in [0.3, 0.4) is 0 Å². The van der Waals surface area contributed by atoms with E-state index in [2.05, 4.69) is 4.98 Å². The third-order valence-electron chi connectivity index (χ3n) is 1.98. The molecule has 0 radical (unpaired) electrons. The maximum absolute atomic E-state index is 11.3. The number of aromatic nitrogens is 1. The molecule has 0 amide bonds. The molecule has 4 nitrogen and oxygen atoms in total. The molecule has 14 heavy (non-hydrogen) atoms. The summed E-state index contributed by atoms with van der Waals surface area (Å²) in [4.78, 5) is 24.6. The molecule has 76 valence electrons. The fraction of sp³-hybridized carbons (Fsp3) is 0.400. The molecule has 1 aromatic heterocycles. The molecule has 0 saturated carbocycles. The number of hydrogen-bond acceptors (Lipinski definition) is 2. The molecule has 0 spiro atoms. The lowest BCUT2D eigenvalue weighted by Crippen LogP contribution is -2.21. The first-order chi connectivity index (χ1) is 6.56. The topological polar surface area (TPSA) is 70.2 Å². The van der Waals surface area contributed by atoms with Crippen molar-refractivity contribution in [3.8, 4) is 0 Å². The van der Waals surface area contributed by atoms with Gasteiger partial charge in [0.2, 0.25) is 0 Å². The second kappa shape index (κ2) is 4.09. The molecule has 1 aromatic rings. The van der Waals surface area contributed by atoms with Crippen LogP contribution in [0.25, 0.3) is 0 Å². The van der Waals surface area contributed by atoms with E-state index in [0.717, 1.165) is 6.42 Å². The Hall–Kier alpha value is -1.58. The van der Waals surface area contributed by atoms with Crippen LogP contribution in [0.1, 0.15) is 35.0 Å². The summed E-state index contributed by atoms with van der Waals surface area (Å²) < 4.78 is 0. The fourth-order valence-electron chi connectivity index (χ4n) is 1.46. The Kier molecular flexibility index (Phi) is 3.06. The van der Waals surface area contributed by atoms with Crippen LogP contribution in [-0.2, 0) is 6.42 Å². The number of hydrogen-bond donors (Lipinski definition) is 2. The number of carbonyl (C=O) groups is 1. The second-order valence-corrected chi connectivity index (χ2v) is 3.24. The Labute approximate surface area is 81.6 Å². The lowest BCUT2D eigenvalue weighted by Gasteiger charge is -2.04. The molecule has 0 aliphatic rings. The summed E-state index contributed by atoms with van der Waals surface area (Å²) in [5.74, 6) is -1.16. The van der Waals surface area contributed by atoms with E-state index in [-0.39, 0.29) is 5.56 Å². The molecule has 0 aliphatic carbocycles. The number of H-pyrrole nitrogens is 1. The highest BCUT2D eigenvalue weighted by Gasteiger charge is 2.14. The first-order valence-corrected chi connectivity index (χ1v) is 4.52. The van der Waals surface area contributed by atoms with Gasteiger partial charge in [-0.25, -0.2) is 4.79 Å². The Balaban J connectivity index is 3.36. The zero-order valence-electron chi connectivity index (χ0n) is 8.26. The van der Waals surface area contributed by atoms with Crippen molar-refractivity contribution >= 4 is 5.97 Å². The molecular weight excluding hydrogens is 182 g/mol. The normalized spacial score (nSPS) is 10.1. The van der Waals surface area contributed by atoms with E-state index >= 15 is 0 Å². The minimum Gasteiger partial charge on any atom is -0.477 e. The molecule has 0 aliphatic heterocycles. The Morgan fingerprint density at radius 2 is 2.21 bits per heavy atom. The van der Waals surface area contributed by atoms with Gasteiger partial charge in [0.05, 0.1) is 0 Å². The van der Waals surface area contributed by atoms with Crippen molar-refractivity contribution in [3.63, 3.8) is 0 Å². The molecule has 0 aromatic carbocycles. The monoisotopic (exact) mass is 195 g/mol. The number of aromatic carboxylic acids is 1. The van der Waals surface area contributed by atoms with Crippen LogP contribution < -0.4 is 5.56 Å².